The van der Waals surface area contributed by atoms with Crippen LogP contribution in [0.2, 0.25) is 0 Å². The predicted molar refractivity (Wildman–Crippen MR) is 83.9 cm³/mol. The van der Waals surface area contributed by atoms with Crippen molar-refractivity contribution in [1.82, 2.24) is 0 Å². The molecule has 0 aliphatic rings. The maximum absolute atomic E-state index is 11.9. The van der Waals surface area contributed by atoms with Crippen LogP contribution in [0.1, 0.15) is 15.9 Å². The van der Waals surface area contributed by atoms with Gasteiger partial charge in [-0.1, -0.05) is 29.8 Å². The molecule has 0 aromatic heterocycles. The minimum absolute atomic E-state index is 0.105. The smallest absolute Gasteiger partial charge is 0.337 e. The Labute approximate surface area is 127 Å². The van der Waals surface area contributed by atoms with Crippen LogP contribution in [-0.4, -0.2) is 22.7 Å². The second kappa shape index (κ2) is 6.95. The van der Waals surface area contributed by atoms with E-state index in [9.17, 15) is 9.59 Å². The molecule has 2 N–H and O–H groups in total. The van der Waals surface area contributed by atoms with Crippen molar-refractivity contribution in [2.45, 2.75) is 11.8 Å². The van der Waals surface area contributed by atoms with E-state index >= 15 is 0 Å². The average molecular weight is 301 g/mol. The normalized spacial score (nSPS) is 10.1. The second-order valence-corrected chi connectivity index (χ2v) is 5.55. The summed E-state index contributed by atoms with van der Waals surface area (Å²) in [5, 5.41) is 11.8. The number of carbonyl (C=O) groups excluding carboxylic acids is 1. The van der Waals surface area contributed by atoms with Crippen molar-refractivity contribution in [2.75, 3.05) is 11.1 Å². The van der Waals surface area contributed by atoms with Crippen LogP contribution in [0, 0.1) is 6.92 Å². The number of hydrogen-bond donors (Lipinski definition) is 2. The zero-order chi connectivity index (χ0) is 15.2. The number of aromatic carboxylic acids is 1. The number of carboxylic acids is 1. The predicted octanol–water partition coefficient (Wildman–Crippen LogP) is 3.42. The molecule has 0 fully saturated rings. The van der Waals surface area contributed by atoms with E-state index in [4.69, 9.17) is 5.11 Å². The van der Waals surface area contributed by atoms with Crippen LogP contribution in [-0.2, 0) is 4.79 Å². The maximum Gasteiger partial charge on any atom is 0.337 e. The fourth-order valence-electron chi connectivity index (χ4n) is 1.80. The minimum atomic E-state index is -1.05. The molecule has 0 spiro atoms. The van der Waals surface area contributed by atoms with E-state index in [1.165, 1.54) is 11.8 Å². The summed E-state index contributed by atoms with van der Waals surface area (Å²) in [6.45, 7) is 1.81. The summed E-state index contributed by atoms with van der Waals surface area (Å²) in [5.41, 5.74) is 1.27. The molecule has 2 rings (SSSR count). The largest absolute Gasteiger partial charge is 0.478 e. The van der Waals surface area contributed by atoms with Crippen molar-refractivity contribution in [3.63, 3.8) is 0 Å². The molecule has 0 saturated heterocycles. The standard InChI is InChI=1S/C16H15NO3S/c1-11-7-8-14(13(9-11)16(19)20)17-15(18)10-21-12-5-3-2-4-6-12/h2-9H,10H2,1H3,(H,17,18)(H,19,20). The van der Waals surface area contributed by atoms with Gasteiger partial charge in [0.05, 0.1) is 17.0 Å². The Morgan fingerprint density at radius 1 is 1.14 bits per heavy atom. The van der Waals surface area contributed by atoms with Crippen molar-refractivity contribution < 1.29 is 14.7 Å². The highest BCUT2D eigenvalue weighted by Gasteiger charge is 2.12. The Balaban J connectivity index is 2.01. The van der Waals surface area contributed by atoms with Gasteiger partial charge in [0, 0.05) is 4.90 Å². The van der Waals surface area contributed by atoms with Crippen molar-refractivity contribution in [3.8, 4) is 0 Å². The van der Waals surface area contributed by atoms with E-state index in [-0.39, 0.29) is 17.2 Å². The Morgan fingerprint density at radius 2 is 1.86 bits per heavy atom. The van der Waals surface area contributed by atoms with Crippen molar-refractivity contribution in [2.24, 2.45) is 0 Å². The van der Waals surface area contributed by atoms with E-state index in [2.05, 4.69) is 5.32 Å². The lowest BCUT2D eigenvalue weighted by molar-refractivity contribution is -0.113. The summed E-state index contributed by atoms with van der Waals surface area (Å²) < 4.78 is 0. The molecule has 0 bridgehead atoms. The highest BCUT2D eigenvalue weighted by Crippen LogP contribution is 2.20. The summed E-state index contributed by atoms with van der Waals surface area (Å²) in [4.78, 5) is 24.1. The maximum atomic E-state index is 11.9. The summed E-state index contributed by atoms with van der Waals surface area (Å²) in [6, 6.07) is 14.5. The first-order valence-corrected chi connectivity index (χ1v) is 7.36. The average Bonchev–Trinajstić information content (AvgIpc) is 2.48. The van der Waals surface area contributed by atoms with Crippen molar-refractivity contribution in [1.29, 1.82) is 0 Å². The second-order valence-electron chi connectivity index (χ2n) is 4.50. The molecule has 0 atom stereocenters. The van der Waals surface area contributed by atoms with Crippen LogP contribution in [0.5, 0.6) is 0 Å². The number of aryl methyl sites for hydroxylation is 1. The zero-order valence-corrected chi connectivity index (χ0v) is 12.3. The molecule has 0 saturated carbocycles. The fraction of sp³-hybridized carbons (Fsp3) is 0.125. The molecule has 0 heterocycles. The summed E-state index contributed by atoms with van der Waals surface area (Å²) in [5.74, 6) is -1.04. The van der Waals surface area contributed by atoms with Crippen LogP contribution in [0.15, 0.2) is 53.4 Å². The third-order valence-corrected chi connectivity index (χ3v) is 3.80. The third kappa shape index (κ3) is 4.36. The SMILES string of the molecule is Cc1ccc(NC(=O)CSc2ccccc2)c(C(=O)O)c1. The Kier molecular flexibility index (Phi) is 5.00. The topological polar surface area (TPSA) is 66.4 Å². The van der Waals surface area contributed by atoms with Crippen LogP contribution in [0.3, 0.4) is 0 Å². The molecule has 108 valence electrons. The number of benzene rings is 2. The van der Waals surface area contributed by atoms with Crippen LogP contribution >= 0.6 is 11.8 Å². The van der Waals surface area contributed by atoms with Gasteiger partial charge in [0.15, 0.2) is 0 Å². The van der Waals surface area contributed by atoms with Gasteiger partial charge >= 0.3 is 5.97 Å². The molecule has 21 heavy (non-hydrogen) atoms. The number of amides is 1. The van der Waals surface area contributed by atoms with Crippen LogP contribution in [0.4, 0.5) is 5.69 Å². The van der Waals surface area contributed by atoms with E-state index in [1.807, 2.05) is 37.3 Å². The summed E-state index contributed by atoms with van der Waals surface area (Å²) in [7, 11) is 0. The molecule has 0 unspecified atom stereocenters. The van der Waals surface area contributed by atoms with Crippen LogP contribution in [0.25, 0.3) is 0 Å². The molecule has 0 radical (unpaired) electrons. The van der Waals surface area contributed by atoms with Gasteiger partial charge in [-0.25, -0.2) is 4.79 Å². The lowest BCUT2D eigenvalue weighted by Crippen LogP contribution is -2.16. The highest BCUT2D eigenvalue weighted by molar-refractivity contribution is 8.00. The summed E-state index contributed by atoms with van der Waals surface area (Å²) >= 11 is 1.41. The van der Waals surface area contributed by atoms with E-state index in [0.29, 0.717) is 5.69 Å². The quantitative estimate of drug-likeness (QED) is 0.830. The van der Waals surface area contributed by atoms with E-state index in [0.717, 1.165) is 10.5 Å². The number of rotatable bonds is 5. The van der Waals surface area contributed by atoms with Gasteiger partial charge < -0.3 is 10.4 Å². The molecule has 0 aliphatic carbocycles. The molecule has 0 aliphatic heterocycles. The van der Waals surface area contributed by atoms with E-state index in [1.54, 1.807) is 18.2 Å². The highest BCUT2D eigenvalue weighted by atomic mass is 32.2. The zero-order valence-electron chi connectivity index (χ0n) is 11.5. The van der Waals surface area contributed by atoms with E-state index < -0.39 is 5.97 Å². The van der Waals surface area contributed by atoms with Gasteiger partial charge in [-0.3, -0.25) is 4.79 Å². The lowest BCUT2D eigenvalue weighted by Gasteiger charge is -2.09. The molecule has 5 heteroatoms. The Hall–Kier alpha value is -2.27. The van der Waals surface area contributed by atoms with Gasteiger partial charge in [-0.05, 0) is 31.2 Å². The van der Waals surface area contributed by atoms with Gasteiger partial charge in [0.25, 0.3) is 0 Å². The van der Waals surface area contributed by atoms with Gasteiger partial charge in [0.2, 0.25) is 5.91 Å². The first kappa shape index (κ1) is 15.1. The Morgan fingerprint density at radius 3 is 2.52 bits per heavy atom. The molecular weight excluding hydrogens is 286 g/mol. The molecule has 2 aromatic rings. The number of hydrogen-bond acceptors (Lipinski definition) is 3. The number of anilines is 1. The monoisotopic (exact) mass is 301 g/mol. The number of nitrogens with one attached hydrogen (secondary N) is 1. The first-order chi connectivity index (χ1) is 10.1. The minimum Gasteiger partial charge on any atom is -0.478 e. The molecular formula is C16H15NO3S. The lowest BCUT2D eigenvalue weighted by atomic mass is 10.1. The molecule has 2 aromatic carbocycles. The summed E-state index contributed by atoms with van der Waals surface area (Å²) in [6.07, 6.45) is 0. The van der Waals surface area contributed by atoms with Crippen molar-refractivity contribution in [3.05, 3.63) is 59.7 Å². The number of thioether (sulfide) groups is 1. The Bertz CT molecular complexity index is 656. The number of carboxylic acid groups (broad SMARTS) is 1. The fourth-order valence-corrected chi connectivity index (χ4v) is 2.52. The number of carbonyl (C=O) groups is 2. The van der Waals surface area contributed by atoms with Gasteiger partial charge in [-0.15, -0.1) is 11.8 Å². The van der Waals surface area contributed by atoms with Crippen molar-refractivity contribution >= 4 is 29.3 Å². The third-order valence-electron chi connectivity index (χ3n) is 2.79. The molecule has 1 amide bonds. The first-order valence-electron chi connectivity index (χ1n) is 6.38. The molecule has 4 nitrogen and oxygen atoms in total. The van der Waals surface area contributed by atoms with Crippen LogP contribution < -0.4 is 5.32 Å². The van der Waals surface area contributed by atoms with Gasteiger partial charge in [-0.2, -0.15) is 0 Å². The van der Waals surface area contributed by atoms with Gasteiger partial charge in [0.1, 0.15) is 0 Å².